The molecule has 0 saturated heterocycles. The van der Waals surface area contributed by atoms with Gasteiger partial charge in [-0.05, 0) is 91.7 Å². The summed E-state index contributed by atoms with van der Waals surface area (Å²) in [5.74, 6) is 0. The first-order valence-electron chi connectivity index (χ1n) is 13.5. The van der Waals surface area contributed by atoms with Crippen LogP contribution in [0.1, 0.15) is 59.6 Å². The minimum atomic E-state index is 0.682. The maximum atomic E-state index is 5.77. The van der Waals surface area contributed by atoms with Crippen LogP contribution >= 0.6 is 0 Å². The third-order valence-corrected chi connectivity index (χ3v) is 6.54. The van der Waals surface area contributed by atoms with E-state index in [0.29, 0.717) is 13.2 Å². The second-order valence-electron chi connectivity index (χ2n) is 9.40. The highest BCUT2D eigenvalue weighted by atomic mass is 16.5. The Morgan fingerprint density at radius 2 is 1.19 bits per heavy atom. The maximum Gasteiger partial charge on any atom is 0.0723 e. The Morgan fingerprint density at radius 1 is 0.639 bits per heavy atom. The van der Waals surface area contributed by atoms with Gasteiger partial charge in [0.15, 0.2) is 0 Å². The fraction of sp³-hybridized carbons (Fsp3) is 0.314. The van der Waals surface area contributed by atoms with E-state index >= 15 is 0 Å². The highest BCUT2D eigenvalue weighted by Crippen LogP contribution is 2.16. The maximum absolute atomic E-state index is 5.77. The van der Waals surface area contributed by atoms with Crippen LogP contribution in [0.3, 0.4) is 0 Å². The van der Waals surface area contributed by atoms with E-state index in [2.05, 4.69) is 97.6 Å². The molecule has 3 rings (SSSR count). The zero-order chi connectivity index (χ0) is 25.3. The lowest BCUT2D eigenvalue weighted by atomic mass is 9.99. The third kappa shape index (κ3) is 10.2. The predicted octanol–water partition coefficient (Wildman–Crippen LogP) is 8.80. The van der Waals surface area contributed by atoms with Gasteiger partial charge in [0.25, 0.3) is 0 Å². The van der Waals surface area contributed by atoms with Gasteiger partial charge in [0, 0.05) is 0 Å². The molecule has 0 amide bonds. The molecule has 3 aromatic carbocycles. The van der Waals surface area contributed by atoms with Gasteiger partial charge in [-0.15, -0.1) is 6.58 Å². The van der Waals surface area contributed by atoms with Gasteiger partial charge in [-0.1, -0.05) is 103 Å². The average molecular weight is 479 g/mol. The molecule has 0 aromatic heterocycles. The Morgan fingerprint density at radius 3 is 1.81 bits per heavy atom. The van der Waals surface area contributed by atoms with Gasteiger partial charge in [-0.3, -0.25) is 0 Å². The van der Waals surface area contributed by atoms with Gasteiger partial charge >= 0.3 is 0 Å². The lowest BCUT2D eigenvalue weighted by molar-refractivity contribution is 0.148. The largest absolute Gasteiger partial charge is 0.373 e. The van der Waals surface area contributed by atoms with E-state index in [1.807, 2.05) is 19.1 Å². The Bertz CT molecular complexity index is 1070. The summed E-state index contributed by atoms with van der Waals surface area (Å²) in [4.78, 5) is 0. The number of aryl methyl sites for hydroxylation is 3. The van der Waals surface area contributed by atoms with Crippen molar-refractivity contribution in [1.29, 1.82) is 0 Å². The average Bonchev–Trinajstić information content (AvgIpc) is 2.92. The molecule has 0 N–H and O–H groups in total. The lowest BCUT2D eigenvalue weighted by Crippen LogP contribution is -1.99. The first-order chi connectivity index (χ1) is 17.8. The monoisotopic (exact) mass is 478 g/mol. The van der Waals surface area contributed by atoms with Crippen LogP contribution in [0.5, 0.6) is 0 Å². The number of hydrogen-bond donors (Lipinski definition) is 0. The molecular formula is C35H42O. The minimum Gasteiger partial charge on any atom is -0.373 e. The molecule has 0 bridgehead atoms. The van der Waals surface area contributed by atoms with Crippen LogP contribution in [0.25, 0.3) is 0 Å². The molecule has 188 valence electrons. The van der Waals surface area contributed by atoms with Crippen molar-refractivity contribution in [2.45, 2.75) is 64.9 Å². The van der Waals surface area contributed by atoms with Crippen molar-refractivity contribution < 1.29 is 4.74 Å². The van der Waals surface area contributed by atoms with Crippen LogP contribution in [-0.2, 0) is 43.4 Å². The molecule has 0 aliphatic heterocycles. The summed E-state index contributed by atoms with van der Waals surface area (Å²) in [6.45, 7) is 7.20. The molecule has 0 aliphatic carbocycles. The van der Waals surface area contributed by atoms with E-state index in [1.54, 1.807) is 0 Å². The van der Waals surface area contributed by atoms with E-state index in [9.17, 15) is 0 Å². The summed E-state index contributed by atoms with van der Waals surface area (Å²) < 4.78 is 5.77. The normalized spacial score (nSPS) is 11.5. The van der Waals surface area contributed by atoms with Gasteiger partial charge < -0.3 is 4.74 Å². The first kappa shape index (κ1) is 27.4. The van der Waals surface area contributed by atoms with Crippen molar-refractivity contribution in [3.8, 4) is 0 Å². The number of unbranched alkanes of at least 4 members (excludes halogenated alkanes) is 1. The van der Waals surface area contributed by atoms with E-state index in [0.717, 1.165) is 38.5 Å². The third-order valence-electron chi connectivity index (χ3n) is 6.54. The topological polar surface area (TPSA) is 9.23 Å². The van der Waals surface area contributed by atoms with Crippen LogP contribution in [0.15, 0.2) is 110 Å². The molecule has 0 unspecified atom stereocenters. The second kappa shape index (κ2) is 16.5. The molecule has 0 heterocycles. The molecule has 3 aromatic rings. The number of allylic oxidation sites excluding steroid dienone is 4. The van der Waals surface area contributed by atoms with Crippen LogP contribution in [-0.4, -0.2) is 6.61 Å². The van der Waals surface area contributed by atoms with Gasteiger partial charge in [0.1, 0.15) is 0 Å². The second-order valence-corrected chi connectivity index (χ2v) is 9.40. The number of rotatable bonds is 16. The van der Waals surface area contributed by atoms with Gasteiger partial charge in [-0.2, -0.15) is 0 Å². The molecular weight excluding hydrogens is 436 g/mol. The summed E-state index contributed by atoms with van der Waals surface area (Å²) in [6, 6.07) is 26.8. The Hall–Kier alpha value is -3.16. The molecule has 0 fully saturated rings. The lowest BCUT2D eigenvalue weighted by Gasteiger charge is -2.10. The van der Waals surface area contributed by atoms with Crippen molar-refractivity contribution >= 4 is 0 Å². The molecule has 0 radical (unpaired) electrons. The van der Waals surface area contributed by atoms with Gasteiger partial charge in [0.05, 0.1) is 13.2 Å². The Labute approximate surface area is 219 Å². The molecule has 0 atom stereocenters. The Kier molecular flexibility index (Phi) is 12.6. The van der Waals surface area contributed by atoms with Crippen LogP contribution < -0.4 is 0 Å². The van der Waals surface area contributed by atoms with E-state index < -0.39 is 0 Å². The molecule has 0 aliphatic rings. The predicted molar refractivity (Wildman–Crippen MR) is 156 cm³/mol. The molecule has 1 nitrogen and oxygen atoms in total. The van der Waals surface area contributed by atoms with Crippen LogP contribution in [0.4, 0.5) is 0 Å². The Balaban J connectivity index is 1.35. The number of ether oxygens (including phenoxy) is 1. The van der Waals surface area contributed by atoms with Crippen molar-refractivity contribution in [2.75, 3.05) is 6.61 Å². The molecule has 1 heteroatoms. The molecule has 36 heavy (non-hydrogen) atoms. The highest BCUT2D eigenvalue weighted by Gasteiger charge is 2.03. The van der Waals surface area contributed by atoms with E-state index in [4.69, 9.17) is 4.74 Å². The summed E-state index contributed by atoms with van der Waals surface area (Å²) >= 11 is 0. The van der Waals surface area contributed by atoms with Crippen molar-refractivity contribution in [3.05, 3.63) is 143 Å². The van der Waals surface area contributed by atoms with Gasteiger partial charge in [0.2, 0.25) is 0 Å². The zero-order valence-electron chi connectivity index (χ0n) is 22.0. The highest BCUT2D eigenvalue weighted by molar-refractivity contribution is 5.28. The minimum absolute atomic E-state index is 0.682. The number of benzene rings is 3. The summed E-state index contributed by atoms with van der Waals surface area (Å²) in [6.07, 6.45) is 19.4. The zero-order valence-corrected chi connectivity index (χ0v) is 22.0. The smallest absolute Gasteiger partial charge is 0.0723 e. The summed E-state index contributed by atoms with van der Waals surface area (Å²) in [5, 5.41) is 0. The van der Waals surface area contributed by atoms with Gasteiger partial charge in [-0.25, -0.2) is 0 Å². The standard InChI is InChI=1S/C35H42O/c1-3-5-13-30-20-22-31(23-21-30)14-7-8-15-32-24-26-33(27-25-32)16-9-10-17-34-18-11-12-19-35(34)29-36-28-6-4-2/h3-4,6-8,11-12,18-27H,1,5,9-10,13-17,28-29H2,2H3. The van der Waals surface area contributed by atoms with E-state index in [1.165, 1.54) is 46.2 Å². The molecule has 0 saturated carbocycles. The van der Waals surface area contributed by atoms with Crippen molar-refractivity contribution in [2.24, 2.45) is 0 Å². The summed E-state index contributed by atoms with van der Waals surface area (Å²) in [5.41, 5.74) is 8.30. The quantitative estimate of drug-likeness (QED) is 0.148. The fourth-order valence-electron chi connectivity index (χ4n) is 4.31. The number of hydrogen-bond acceptors (Lipinski definition) is 1. The SMILES string of the molecule is C=CCCc1ccc(CC=CCc2ccc(CCCCc3ccccc3COCC=CC)cc2)cc1. The van der Waals surface area contributed by atoms with Crippen molar-refractivity contribution in [3.63, 3.8) is 0 Å². The summed E-state index contributed by atoms with van der Waals surface area (Å²) in [7, 11) is 0. The van der Waals surface area contributed by atoms with Crippen LogP contribution in [0.2, 0.25) is 0 Å². The van der Waals surface area contributed by atoms with Crippen molar-refractivity contribution in [1.82, 2.24) is 0 Å². The first-order valence-corrected chi connectivity index (χ1v) is 13.5. The molecule has 0 spiro atoms. The van der Waals surface area contributed by atoms with E-state index in [-0.39, 0.29) is 0 Å². The fourth-order valence-corrected chi connectivity index (χ4v) is 4.31. The van der Waals surface area contributed by atoms with Crippen LogP contribution in [0, 0.1) is 0 Å².